The predicted molar refractivity (Wildman–Crippen MR) is 89.5 cm³/mol. The Balaban J connectivity index is 2.36. The number of aryl methyl sites for hydroxylation is 2. The van der Waals surface area contributed by atoms with Crippen molar-refractivity contribution in [2.24, 2.45) is 12.8 Å². The van der Waals surface area contributed by atoms with E-state index in [-0.39, 0.29) is 17.1 Å². The Morgan fingerprint density at radius 1 is 1.38 bits per heavy atom. The average molecular weight is 331 g/mol. The third-order valence-electron chi connectivity index (χ3n) is 3.71. The maximum atomic E-state index is 12.9. The number of hydrogen-bond acceptors (Lipinski definition) is 5. The number of nitrogens with two attached hydrogens (primary N) is 1. The van der Waals surface area contributed by atoms with E-state index in [4.69, 9.17) is 5.73 Å². The Morgan fingerprint density at radius 2 is 2.04 bits per heavy atom. The van der Waals surface area contributed by atoms with Gasteiger partial charge in [0.05, 0.1) is 4.92 Å². The summed E-state index contributed by atoms with van der Waals surface area (Å²) in [6.07, 6.45) is 0.614. The highest BCUT2D eigenvalue weighted by molar-refractivity contribution is 5.96. The van der Waals surface area contributed by atoms with E-state index in [1.54, 1.807) is 4.90 Å². The number of carbonyl (C=O) groups is 1. The molecule has 2 N–H and O–H groups in total. The predicted octanol–water partition coefficient (Wildman–Crippen LogP) is 1.63. The molecule has 2 rings (SSSR count). The minimum absolute atomic E-state index is 0.00884. The molecule has 0 unspecified atom stereocenters. The lowest BCUT2D eigenvalue weighted by atomic mass is 10.2. The molecular formula is C16H21N5O3. The standard InChI is InChI=1S/C16H21N5O3/c1-12-14(21(23)24)15(19(2)18-12)16(22)20(10-6-9-17)11-13-7-4-3-5-8-13/h3-5,7-8H,6,9-11,17H2,1-2H3. The van der Waals surface area contributed by atoms with Crippen LogP contribution in [0.15, 0.2) is 30.3 Å². The Bertz CT molecular complexity index is 727. The molecule has 8 heteroatoms. The molecule has 0 saturated carbocycles. The van der Waals surface area contributed by atoms with Gasteiger partial charge in [-0.3, -0.25) is 19.6 Å². The minimum atomic E-state index is -0.556. The third-order valence-corrected chi connectivity index (χ3v) is 3.71. The molecule has 1 amide bonds. The van der Waals surface area contributed by atoms with Crippen molar-refractivity contribution < 1.29 is 9.72 Å². The van der Waals surface area contributed by atoms with Gasteiger partial charge in [0.25, 0.3) is 5.91 Å². The average Bonchev–Trinajstić information content (AvgIpc) is 2.86. The number of aromatic nitrogens is 2. The first-order valence-corrected chi connectivity index (χ1v) is 7.67. The van der Waals surface area contributed by atoms with Crippen LogP contribution in [-0.4, -0.2) is 38.6 Å². The van der Waals surface area contributed by atoms with E-state index in [9.17, 15) is 14.9 Å². The maximum Gasteiger partial charge on any atom is 0.322 e. The lowest BCUT2D eigenvalue weighted by Crippen LogP contribution is -2.34. The summed E-state index contributed by atoms with van der Waals surface area (Å²) < 4.78 is 1.27. The second kappa shape index (κ2) is 7.69. The van der Waals surface area contributed by atoms with Crippen molar-refractivity contribution in [2.45, 2.75) is 19.9 Å². The molecular weight excluding hydrogens is 310 g/mol. The number of nitrogens with zero attached hydrogens (tertiary/aromatic N) is 4. The fraction of sp³-hybridized carbons (Fsp3) is 0.375. The van der Waals surface area contributed by atoms with E-state index in [0.717, 1.165) is 5.56 Å². The summed E-state index contributed by atoms with van der Waals surface area (Å²) in [5.74, 6) is -0.415. The van der Waals surface area contributed by atoms with E-state index in [1.807, 2.05) is 30.3 Å². The maximum absolute atomic E-state index is 12.9. The number of nitro groups is 1. The van der Waals surface area contributed by atoms with Crippen LogP contribution >= 0.6 is 0 Å². The summed E-state index contributed by atoms with van der Waals surface area (Å²) in [5, 5.41) is 15.3. The second-order valence-corrected chi connectivity index (χ2v) is 5.52. The molecule has 2 aromatic rings. The van der Waals surface area contributed by atoms with Crippen LogP contribution in [0.2, 0.25) is 0 Å². The summed E-state index contributed by atoms with van der Waals surface area (Å²) in [7, 11) is 1.54. The zero-order chi connectivity index (χ0) is 17.7. The topological polar surface area (TPSA) is 107 Å². The van der Waals surface area contributed by atoms with E-state index < -0.39 is 10.8 Å². The quantitative estimate of drug-likeness (QED) is 0.613. The van der Waals surface area contributed by atoms with Crippen LogP contribution in [0.3, 0.4) is 0 Å². The Kier molecular flexibility index (Phi) is 5.64. The fourth-order valence-corrected chi connectivity index (χ4v) is 2.59. The van der Waals surface area contributed by atoms with Crippen LogP contribution in [-0.2, 0) is 13.6 Å². The van der Waals surface area contributed by atoms with Gasteiger partial charge in [0.1, 0.15) is 5.69 Å². The van der Waals surface area contributed by atoms with Gasteiger partial charge in [0, 0.05) is 20.1 Å². The summed E-state index contributed by atoms with van der Waals surface area (Å²) >= 11 is 0. The van der Waals surface area contributed by atoms with Gasteiger partial charge in [-0.15, -0.1) is 0 Å². The highest BCUT2D eigenvalue weighted by Crippen LogP contribution is 2.24. The molecule has 0 spiro atoms. The summed E-state index contributed by atoms with van der Waals surface area (Å²) in [4.78, 5) is 25.3. The molecule has 0 bridgehead atoms. The third kappa shape index (κ3) is 3.77. The molecule has 128 valence electrons. The lowest BCUT2D eigenvalue weighted by molar-refractivity contribution is -0.385. The minimum Gasteiger partial charge on any atom is -0.333 e. The number of carbonyl (C=O) groups excluding carboxylic acids is 1. The molecule has 0 atom stereocenters. The first-order chi connectivity index (χ1) is 11.5. The monoisotopic (exact) mass is 331 g/mol. The number of rotatable bonds is 7. The van der Waals surface area contributed by atoms with Gasteiger partial charge in [-0.05, 0) is 25.5 Å². The van der Waals surface area contributed by atoms with Gasteiger partial charge in [-0.25, -0.2) is 0 Å². The number of amides is 1. The van der Waals surface area contributed by atoms with Crippen molar-refractivity contribution in [3.05, 3.63) is 57.4 Å². The highest BCUT2D eigenvalue weighted by Gasteiger charge is 2.32. The molecule has 0 aliphatic heterocycles. The Labute approximate surface area is 140 Å². The number of hydrogen-bond donors (Lipinski definition) is 1. The molecule has 0 aliphatic carbocycles. The molecule has 0 saturated heterocycles. The Morgan fingerprint density at radius 3 is 2.62 bits per heavy atom. The summed E-state index contributed by atoms with van der Waals surface area (Å²) in [6.45, 7) is 2.74. The van der Waals surface area contributed by atoms with Crippen molar-refractivity contribution in [3.63, 3.8) is 0 Å². The van der Waals surface area contributed by atoms with Gasteiger partial charge >= 0.3 is 5.69 Å². The SMILES string of the molecule is Cc1nn(C)c(C(=O)N(CCCN)Cc2ccccc2)c1[N+](=O)[O-]. The van der Waals surface area contributed by atoms with Crippen LogP contribution in [0.5, 0.6) is 0 Å². The summed E-state index contributed by atoms with van der Waals surface area (Å²) in [5.41, 5.74) is 6.48. The molecule has 0 aliphatic rings. The van der Waals surface area contributed by atoms with Crippen LogP contribution < -0.4 is 5.73 Å². The Hall–Kier alpha value is -2.74. The molecule has 1 heterocycles. The van der Waals surface area contributed by atoms with Gasteiger partial charge in [0.2, 0.25) is 5.69 Å². The van der Waals surface area contributed by atoms with Crippen molar-refractivity contribution in [1.82, 2.24) is 14.7 Å². The van der Waals surface area contributed by atoms with Crippen LogP contribution in [0.1, 0.15) is 28.2 Å². The highest BCUT2D eigenvalue weighted by atomic mass is 16.6. The van der Waals surface area contributed by atoms with E-state index in [0.29, 0.717) is 26.1 Å². The van der Waals surface area contributed by atoms with Gasteiger partial charge in [-0.2, -0.15) is 5.10 Å². The zero-order valence-electron chi connectivity index (χ0n) is 13.8. The largest absolute Gasteiger partial charge is 0.333 e. The van der Waals surface area contributed by atoms with Crippen molar-refractivity contribution in [1.29, 1.82) is 0 Å². The van der Waals surface area contributed by atoms with Crippen LogP contribution in [0.4, 0.5) is 5.69 Å². The lowest BCUT2D eigenvalue weighted by Gasteiger charge is -2.22. The van der Waals surface area contributed by atoms with E-state index >= 15 is 0 Å². The molecule has 0 radical (unpaired) electrons. The van der Waals surface area contributed by atoms with E-state index in [1.165, 1.54) is 18.7 Å². The van der Waals surface area contributed by atoms with Crippen molar-refractivity contribution >= 4 is 11.6 Å². The van der Waals surface area contributed by atoms with Crippen molar-refractivity contribution in [3.8, 4) is 0 Å². The molecule has 0 fully saturated rings. The van der Waals surface area contributed by atoms with Crippen molar-refractivity contribution in [2.75, 3.05) is 13.1 Å². The molecule has 8 nitrogen and oxygen atoms in total. The van der Waals surface area contributed by atoms with E-state index in [2.05, 4.69) is 5.10 Å². The summed E-state index contributed by atoms with van der Waals surface area (Å²) in [6, 6.07) is 9.48. The van der Waals surface area contributed by atoms with Gasteiger partial charge < -0.3 is 10.6 Å². The van der Waals surface area contributed by atoms with Crippen LogP contribution in [0.25, 0.3) is 0 Å². The second-order valence-electron chi connectivity index (χ2n) is 5.52. The first kappa shape index (κ1) is 17.6. The number of benzene rings is 1. The zero-order valence-corrected chi connectivity index (χ0v) is 13.8. The fourth-order valence-electron chi connectivity index (χ4n) is 2.59. The molecule has 1 aromatic carbocycles. The molecule has 24 heavy (non-hydrogen) atoms. The molecule has 1 aromatic heterocycles. The first-order valence-electron chi connectivity index (χ1n) is 7.67. The van der Waals surface area contributed by atoms with Gasteiger partial charge in [-0.1, -0.05) is 30.3 Å². The van der Waals surface area contributed by atoms with Crippen LogP contribution in [0, 0.1) is 17.0 Å². The van der Waals surface area contributed by atoms with Gasteiger partial charge in [0.15, 0.2) is 0 Å². The normalized spacial score (nSPS) is 10.6. The smallest absolute Gasteiger partial charge is 0.322 e.